The lowest BCUT2D eigenvalue weighted by atomic mass is 9.97. The number of nitrogens with one attached hydrogen (secondary N) is 1. The van der Waals surface area contributed by atoms with Gasteiger partial charge in [-0.05, 0) is 83.7 Å². The molecular weight excluding hydrogens is 352 g/mol. The minimum atomic E-state index is 0.740. The van der Waals surface area contributed by atoms with Crippen molar-refractivity contribution in [2.45, 2.75) is 47.0 Å². The molecule has 0 spiro atoms. The van der Waals surface area contributed by atoms with E-state index in [-0.39, 0.29) is 0 Å². The smallest absolute Gasteiger partial charge is 0.0613 e. The fourth-order valence-corrected chi connectivity index (χ4v) is 4.29. The Hall–Kier alpha value is -2.58. The van der Waals surface area contributed by atoms with Crippen molar-refractivity contribution in [1.82, 2.24) is 5.43 Å². The first-order valence-corrected chi connectivity index (χ1v) is 10.9. The van der Waals surface area contributed by atoms with Crippen LogP contribution in [0.25, 0.3) is 11.1 Å². The van der Waals surface area contributed by atoms with Gasteiger partial charge in [0.1, 0.15) is 0 Å². The summed E-state index contributed by atoms with van der Waals surface area (Å²) in [4.78, 5) is 0. The largest absolute Gasteiger partial charge is 0.277 e. The van der Waals surface area contributed by atoms with Gasteiger partial charge in [0.15, 0.2) is 0 Å². The van der Waals surface area contributed by atoms with E-state index in [0.29, 0.717) is 0 Å². The Bertz CT molecular complexity index is 989. The van der Waals surface area contributed by atoms with Gasteiger partial charge in [-0.25, -0.2) is 5.43 Å². The highest BCUT2D eigenvalue weighted by Crippen LogP contribution is 2.41. The summed E-state index contributed by atoms with van der Waals surface area (Å²) in [5.74, 6) is 0.740. The minimum Gasteiger partial charge on any atom is -0.277 e. The topological polar surface area (TPSA) is 15.3 Å². The average Bonchev–Trinajstić information content (AvgIpc) is 3.07. The summed E-state index contributed by atoms with van der Waals surface area (Å²) >= 11 is 0. The van der Waals surface area contributed by atoms with Crippen molar-refractivity contribution in [2.24, 2.45) is 5.92 Å². The summed E-state index contributed by atoms with van der Waals surface area (Å²) in [5, 5.41) is 2.23. The van der Waals surface area contributed by atoms with E-state index in [1.54, 1.807) is 0 Å². The van der Waals surface area contributed by atoms with Crippen LogP contribution in [0.2, 0.25) is 0 Å². The summed E-state index contributed by atoms with van der Waals surface area (Å²) in [6.07, 6.45) is 3.45. The zero-order valence-electron chi connectivity index (χ0n) is 18.1. The van der Waals surface area contributed by atoms with Crippen LogP contribution in [0, 0.1) is 12.8 Å². The Kier molecular flexibility index (Phi) is 5.73. The summed E-state index contributed by atoms with van der Waals surface area (Å²) in [7, 11) is 0. The molecule has 1 N–H and O–H groups in total. The second-order valence-electron chi connectivity index (χ2n) is 8.58. The Morgan fingerprint density at radius 1 is 0.931 bits per heavy atom. The molecule has 0 aromatic heterocycles. The monoisotopic (exact) mass is 384 g/mol. The Morgan fingerprint density at radius 3 is 2.41 bits per heavy atom. The quantitative estimate of drug-likeness (QED) is 0.352. The van der Waals surface area contributed by atoms with Crippen LogP contribution in [0.1, 0.15) is 49.4 Å². The first kappa shape index (κ1) is 19.7. The molecule has 0 radical (unpaired) electrons. The number of anilines is 2. The Labute approximate surface area is 175 Å². The van der Waals surface area contributed by atoms with Gasteiger partial charge in [-0.15, -0.1) is 0 Å². The maximum Gasteiger partial charge on any atom is 0.0613 e. The van der Waals surface area contributed by atoms with E-state index >= 15 is 0 Å². The minimum absolute atomic E-state index is 0.740. The molecule has 0 aliphatic heterocycles. The first-order valence-electron chi connectivity index (χ1n) is 10.9. The van der Waals surface area contributed by atoms with Crippen molar-refractivity contribution in [3.63, 3.8) is 0 Å². The standard InChI is InChI=1S/C27H32N2/c1-5-28-29(24-9-7-6-8-10-24)27-18-26-23(15-20(27)4)17-22-14-13-21(16-25(22)26)12-11-19(2)3/h6-10,13-16,18-19,28H,5,11-12,17H2,1-4H3. The molecule has 29 heavy (non-hydrogen) atoms. The highest BCUT2D eigenvalue weighted by atomic mass is 15.5. The van der Waals surface area contributed by atoms with Gasteiger partial charge >= 0.3 is 0 Å². The van der Waals surface area contributed by atoms with Crippen molar-refractivity contribution in [3.05, 3.63) is 82.9 Å². The summed E-state index contributed by atoms with van der Waals surface area (Å²) in [5.41, 5.74) is 14.4. The molecular formula is C27H32N2. The molecule has 1 aliphatic rings. The van der Waals surface area contributed by atoms with Crippen LogP contribution in [-0.2, 0) is 12.8 Å². The van der Waals surface area contributed by atoms with E-state index in [4.69, 9.17) is 0 Å². The second kappa shape index (κ2) is 8.42. The van der Waals surface area contributed by atoms with E-state index < -0.39 is 0 Å². The number of para-hydroxylation sites is 1. The third-order valence-electron chi connectivity index (χ3n) is 5.85. The van der Waals surface area contributed by atoms with Crippen LogP contribution in [-0.4, -0.2) is 6.54 Å². The maximum absolute atomic E-state index is 3.55. The van der Waals surface area contributed by atoms with Gasteiger partial charge in [-0.1, -0.05) is 63.2 Å². The third kappa shape index (κ3) is 4.09. The first-order chi connectivity index (χ1) is 14.1. The molecule has 0 saturated carbocycles. The number of hydrazine groups is 1. The fraction of sp³-hybridized carbons (Fsp3) is 0.333. The van der Waals surface area contributed by atoms with Crippen molar-refractivity contribution in [2.75, 3.05) is 11.6 Å². The van der Waals surface area contributed by atoms with Gasteiger partial charge in [0.2, 0.25) is 0 Å². The number of rotatable bonds is 7. The third-order valence-corrected chi connectivity index (χ3v) is 5.85. The van der Waals surface area contributed by atoms with E-state index in [1.807, 2.05) is 0 Å². The average molecular weight is 385 g/mol. The number of benzene rings is 3. The number of hydrogen-bond acceptors (Lipinski definition) is 2. The summed E-state index contributed by atoms with van der Waals surface area (Å²) < 4.78 is 0. The number of fused-ring (bicyclic) bond motifs is 3. The maximum atomic E-state index is 3.55. The summed E-state index contributed by atoms with van der Waals surface area (Å²) in [6, 6.07) is 22.5. The van der Waals surface area contributed by atoms with Gasteiger partial charge in [0.25, 0.3) is 0 Å². The van der Waals surface area contributed by atoms with Crippen LogP contribution in [0.3, 0.4) is 0 Å². The lowest BCUT2D eigenvalue weighted by Crippen LogP contribution is -2.34. The van der Waals surface area contributed by atoms with E-state index in [0.717, 1.165) is 25.3 Å². The normalized spacial score (nSPS) is 12.2. The number of aryl methyl sites for hydroxylation is 2. The van der Waals surface area contributed by atoms with Gasteiger partial charge in [0, 0.05) is 6.54 Å². The molecule has 4 rings (SSSR count). The Balaban J connectivity index is 1.74. The van der Waals surface area contributed by atoms with Crippen molar-refractivity contribution < 1.29 is 0 Å². The molecule has 2 heteroatoms. The Morgan fingerprint density at radius 2 is 1.69 bits per heavy atom. The molecule has 0 fully saturated rings. The highest BCUT2D eigenvalue weighted by Gasteiger charge is 2.22. The zero-order valence-corrected chi connectivity index (χ0v) is 18.1. The second-order valence-corrected chi connectivity index (χ2v) is 8.58. The molecule has 2 nitrogen and oxygen atoms in total. The number of nitrogens with zero attached hydrogens (tertiary/aromatic N) is 1. The molecule has 0 bridgehead atoms. The lowest BCUT2D eigenvalue weighted by Gasteiger charge is -2.27. The highest BCUT2D eigenvalue weighted by molar-refractivity contribution is 5.82. The SMILES string of the molecule is CCNN(c1ccccc1)c1cc2c(cc1C)Cc1ccc(CCC(C)C)cc1-2. The van der Waals surface area contributed by atoms with Crippen LogP contribution in [0.4, 0.5) is 11.4 Å². The molecule has 1 aliphatic carbocycles. The van der Waals surface area contributed by atoms with Crippen LogP contribution < -0.4 is 10.4 Å². The summed E-state index contributed by atoms with van der Waals surface area (Å²) in [6.45, 7) is 9.85. The van der Waals surface area contributed by atoms with Gasteiger partial charge in [-0.2, -0.15) is 0 Å². The lowest BCUT2D eigenvalue weighted by molar-refractivity contribution is 0.587. The number of hydrogen-bond donors (Lipinski definition) is 1. The van der Waals surface area contributed by atoms with E-state index in [1.165, 1.54) is 51.2 Å². The van der Waals surface area contributed by atoms with Gasteiger partial charge < -0.3 is 0 Å². The molecule has 150 valence electrons. The van der Waals surface area contributed by atoms with E-state index in [2.05, 4.69) is 98.8 Å². The van der Waals surface area contributed by atoms with Crippen molar-refractivity contribution >= 4 is 11.4 Å². The van der Waals surface area contributed by atoms with Crippen LogP contribution >= 0.6 is 0 Å². The van der Waals surface area contributed by atoms with Crippen LogP contribution in [0.5, 0.6) is 0 Å². The fourth-order valence-electron chi connectivity index (χ4n) is 4.29. The predicted octanol–water partition coefficient (Wildman–Crippen LogP) is 6.82. The van der Waals surface area contributed by atoms with Crippen LogP contribution in [0.15, 0.2) is 60.7 Å². The van der Waals surface area contributed by atoms with Gasteiger partial charge in [-0.3, -0.25) is 5.01 Å². The van der Waals surface area contributed by atoms with E-state index in [9.17, 15) is 0 Å². The molecule has 0 saturated heterocycles. The molecule has 0 atom stereocenters. The molecule has 3 aromatic carbocycles. The molecule has 0 unspecified atom stereocenters. The van der Waals surface area contributed by atoms with Crippen molar-refractivity contribution in [1.29, 1.82) is 0 Å². The molecule has 0 amide bonds. The van der Waals surface area contributed by atoms with Gasteiger partial charge in [0.05, 0.1) is 11.4 Å². The molecule has 0 heterocycles. The predicted molar refractivity (Wildman–Crippen MR) is 125 cm³/mol. The zero-order chi connectivity index (χ0) is 20.4. The van der Waals surface area contributed by atoms with Crippen molar-refractivity contribution in [3.8, 4) is 11.1 Å². The molecule has 3 aromatic rings.